The number of nitro benzene ring substituents is 1. The lowest BCUT2D eigenvalue weighted by Crippen LogP contribution is -1.93. The smallest absolute Gasteiger partial charge is 0.258 e. The zero-order chi connectivity index (χ0) is 20.1. The second-order valence-corrected chi connectivity index (χ2v) is 6.93. The highest BCUT2D eigenvalue weighted by Crippen LogP contribution is 2.20. The van der Waals surface area contributed by atoms with E-state index in [2.05, 4.69) is 42.4 Å². The molecular weight excluding hydrogens is 366 g/mol. The molecule has 0 bridgehead atoms. The van der Waals surface area contributed by atoms with Gasteiger partial charge in [-0.25, -0.2) is 0 Å². The van der Waals surface area contributed by atoms with Gasteiger partial charge >= 0.3 is 0 Å². The first-order valence-electron chi connectivity index (χ1n) is 8.60. The van der Waals surface area contributed by atoms with Gasteiger partial charge in [-0.1, -0.05) is 29.7 Å². The van der Waals surface area contributed by atoms with Crippen LogP contribution < -0.4 is 0 Å². The van der Waals surface area contributed by atoms with E-state index in [0.717, 1.165) is 27.1 Å². The molecule has 0 aliphatic rings. The first-order chi connectivity index (χ1) is 13.4. The molecule has 28 heavy (non-hydrogen) atoms. The highest BCUT2D eigenvalue weighted by molar-refractivity contribution is 7.80. The molecule has 3 rings (SSSR count). The summed E-state index contributed by atoms with van der Waals surface area (Å²) in [6.45, 7) is 4.00. The van der Waals surface area contributed by atoms with Crippen LogP contribution in [0.4, 0.5) is 5.69 Å². The Morgan fingerprint density at radius 3 is 1.96 bits per heavy atom. The van der Waals surface area contributed by atoms with Crippen molar-refractivity contribution in [2.75, 3.05) is 0 Å². The van der Waals surface area contributed by atoms with Crippen LogP contribution >= 0.6 is 12.6 Å². The van der Waals surface area contributed by atoms with Crippen molar-refractivity contribution in [1.82, 2.24) is 0 Å². The largest absolute Gasteiger partial charge is 0.286 e. The molecule has 0 fully saturated rings. The van der Waals surface area contributed by atoms with E-state index >= 15 is 0 Å². The molecule has 0 heterocycles. The van der Waals surface area contributed by atoms with Gasteiger partial charge in [0.1, 0.15) is 5.56 Å². The summed E-state index contributed by atoms with van der Waals surface area (Å²) in [6.07, 6.45) is 0. The predicted molar refractivity (Wildman–Crippen MR) is 115 cm³/mol. The van der Waals surface area contributed by atoms with Crippen molar-refractivity contribution in [3.8, 4) is 23.7 Å². The predicted octanol–water partition coefficient (Wildman–Crippen LogP) is 5.30. The van der Waals surface area contributed by atoms with Crippen LogP contribution in [0.25, 0.3) is 0 Å². The summed E-state index contributed by atoms with van der Waals surface area (Å²) in [5, 5.41) is 11.5. The molecule has 4 heteroatoms. The van der Waals surface area contributed by atoms with Gasteiger partial charge < -0.3 is 0 Å². The molecule has 0 amide bonds. The van der Waals surface area contributed by atoms with Crippen LogP contribution in [-0.2, 0) is 0 Å². The second-order valence-electron chi connectivity index (χ2n) is 6.41. The van der Waals surface area contributed by atoms with E-state index < -0.39 is 4.92 Å². The van der Waals surface area contributed by atoms with Crippen molar-refractivity contribution >= 4 is 18.3 Å². The van der Waals surface area contributed by atoms with Crippen LogP contribution in [0.15, 0.2) is 65.6 Å². The van der Waals surface area contributed by atoms with E-state index in [-0.39, 0.29) is 5.69 Å². The monoisotopic (exact) mass is 383 g/mol. The van der Waals surface area contributed by atoms with Gasteiger partial charge in [0.05, 0.1) is 4.92 Å². The first kappa shape index (κ1) is 19.3. The maximum atomic E-state index is 11.5. The third-order valence-electron chi connectivity index (χ3n) is 3.98. The molecule has 0 aliphatic heterocycles. The molecule has 0 atom stereocenters. The molecule has 136 valence electrons. The normalized spacial score (nSPS) is 9.68. The Morgan fingerprint density at radius 2 is 1.32 bits per heavy atom. The molecule has 3 aromatic carbocycles. The molecule has 0 unspecified atom stereocenters. The molecular formula is C24H17NO2S. The third kappa shape index (κ3) is 5.04. The Labute approximate surface area is 170 Å². The minimum atomic E-state index is -0.424. The summed E-state index contributed by atoms with van der Waals surface area (Å²) >= 11 is 4.24. The Hall–Kier alpha value is -3.47. The van der Waals surface area contributed by atoms with E-state index in [1.54, 1.807) is 12.1 Å². The van der Waals surface area contributed by atoms with Crippen molar-refractivity contribution in [3.05, 3.63) is 104 Å². The molecule has 0 spiro atoms. The zero-order valence-corrected chi connectivity index (χ0v) is 16.4. The number of aryl methyl sites for hydroxylation is 2. The van der Waals surface area contributed by atoms with Gasteiger partial charge in [-0.15, -0.1) is 12.6 Å². The van der Waals surface area contributed by atoms with Gasteiger partial charge in [-0.3, -0.25) is 10.1 Å². The summed E-state index contributed by atoms with van der Waals surface area (Å²) < 4.78 is 0. The fourth-order valence-electron chi connectivity index (χ4n) is 2.74. The first-order valence-corrected chi connectivity index (χ1v) is 9.05. The second kappa shape index (κ2) is 8.48. The number of rotatable bonds is 1. The van der Waals surface area contributed by atoms with Gasteiger partial charge in [0.2, 0.25) is 0 Å². The Kier molecular flexibility index (Phi) is 5.84. The maximum Gasteiger partial charge on any atom is 0.286 e. The molecule has 3 nitrogen and oxygen atoms in total. The summed E-state index contributed by atoms with van der Waals surface area (Å²) in [7, 11) is 0. The molecule has 0 saturated carbocycles. The Morgan fingerprint density at radius 1 is 0.750 bits per heavy atom. The molecule has 0 aromatic heterocycles. The van der Waals surface area contributed by atoms with Gasteiger partial charge in [0.15, 0.2) is 0 Å². The standard InChI is InChI=1S/C24H17NO2S/c1-17-13-18(2)15-21(14-17)6-10-22-9-5-20(16-24(22)25(26)27)4-3-19-7-11-23(28)12-8-19/h5,7-9,11-16,28H,1-2H3. The number of hydrogen-bond donors (Lipinski definition) is 1. The number of nitrogens with zero attached hydrogens (tertiary/aromatic N) is 1. The topological polar surface area (TPSA) is 43.1 Å². The van der Waals surface area contributed by atoms with Gasteiger partial charge in [0, 0.05) is 27.7 Å². The van der Waals surface area contributed by atoms with Crippen molar-refractivity contribution in [2.45, 2.75) is 18.7 Å². The van der Waals surface area contributed by atoms with Crippen LogP contribution in [-0.4, -0.2) is 4.92 Å². The van der Waals surface area contributed by atoms with E-state index in [0.29, 0.717) is 11.1 Å². The van der Waals surface area contributed by atoms with E-state index in [4.69, 9.17) is 0 Å². The van der Waals surface area contributed by atoms with E-state index in [1.165, 1.54) is 6.07 Å². The number of hydrogen-bond acceptors (Lipinski definition) is 3. The SMILES string of the molecule is Cc1cc(C)cc(C#Cc2ccc(C#Cc3ccc(S)cc3)cc2[N+](=O)[O-])c1. The quantitative estimate of drug-likeness (QED) is 0.268. The van der Waals surface area contributed by atoms with E-state index in [1.807, 2.05) is 50.2 Å². The number of nitro groups is 1. The Bertz CT molecular complexity index is 1150. The summed E-state index contributed by atoms with van der Waals surface area (Å²) in [4.78, 5) is 11.9. The van der Waals surface area contributed by atoms with Gasteiger partial charge in [-0.2, -0.15) is 0 Å². The Balaban J connectivity index is 1.93. The van der Waals surface area contributed by atoms with Gasteiger partial charge in [-0.05, 0) is 73.5 Å². The average molecular weight is 383 g/mol. The lowest BCUT2D eigenvalue weighted by Gasteiger charge is -1.99. The molecule has 3 aromatic rings. The van der Waals surface area contributed by atoms with Crippen LogP contribution in [0.2, 0.25) is 0 Å². The van der Waals surface area contributed by atoms with Crippen LogP contribution in [0.1, 0.15) is 33.4 Å². The molecule has 0 aliphatic carbocycles. The van der Waals surface area contributed by atoms with Crippen LogP contribution in [0.5, 0.6) is 0 Å². The van der Waals surface area contributed by atoms with Crippen molar-refractivity contribution < 1.29 is 4.92 Å². The van der Waals surface area contributed by atoms with Crippen LogP contribution in [0.3, 0.4) is 0 Å². The minimum absolute atomic E-state index is 0.0469. The highest BCUT2D eigenvalue weighted by atomic mass is 32.1. The highest BCUT2D eigenvalue weighted by Gasteiger charge is 2.12. The zero-order valence-electron chi connectivity index (χ0n) is 15.5. The molecule has 0 radical (unpaired) electrons. The molecule has 0 saturated heterocycles. The minimum Gasteiger partial charge on any atom is -0.258 e. The summed E-state index contributed by atoms with van der Waals surface area (Å²) in [6, 6.07) is 18.2. The third-order valence-corrected chi connectivity index (χ3v) is 4.27. The average Bonchev–Trinajstić information content (AvgIpc) is 2.65. The fourth-order valence-corrected chi connectivity index (χ4v) is 2.89. The number of thiol groups is 1. The number of benzene rings is 3. The summed E-state index contributed by atoms with van der Waals surface area (Å²) in [5.74, 6) is 11.9. The van der Waals surface area contributed by atoms with Crippen molar-refractivity contribution in [3.63, 3.8) is 0 Å². The van der Waals surface area contributed by atoms with Crippen molar-refractivity contribution in [2.24, 2.45) is 0 Å². The lowest BCUT2D eigenvalue weighted by atomic mass is 10.1. The maximum absolute atomic E-state index is 11.5. The molecule has 0 N–H and O–H groups in total. The summed E-state index contributed by atoms with van der Waals surface area (Å²) in [5.41, 5.74) is 4.76. The van der Waals surface area contributed by atoms with Gasteiger partial charge in [0.25, 0.3) is 5.69 Å². The van der Waals surface area contributed by atoms with E-state index in [9.17, 15) is 10.1 Å². The van der Waals surface area contributed by atoms with Crippen LogP contribution in [0, 0.1) is 47.6 Å². The lowest BCUT2D eigenvalue weighted by molar-refractivity contribution is -0.385. The fraction of sp³-hybridized carbons (Fsp3) is 0.0833. The van der Waals surface area contributed by atoms with Crippen molar-refractivity contribution in [1.29, 1.82) is 0 Å².